The SMILES string of the molecule is O.O.O.O=C([O-])[O-].[Cs+].[Cs+]. The molecule has 0 aliphatic rings. The molecule has 0 aliphatic heterocycles. The fraction of sp³-hybridized carbons (Fsp3) is 0. The van der Waals surface area contributed by atoms with Gasteiger partial charge in [0.15, 0.2) is 0 Å². The Bertz CT molecular complexity index is 34.0. The fourth-order valence-corrected chi connectivity index (χ4v) is 0. The van der Waals surface area contributed by atoms with Crippen molar-refractivity contribution in [3.05, 3.63) is 0 Å². The summed E-state index contributed by atoms with van der Waals surface area (Å²) < 4.78 is 0. The average Bonchev–Trinajstić information content (AvgIpc) is 0.811. The van der Waals surface area contributed by atoms with E-state index in [1.165, 1.54) is 0 Å². The van der Waals surface area contributed by atoms with Crippen molar-refractivity contribution in [3.8, 4) is 0 Å². The summed E-state index contributed by atoms with van der Waals surface area (Å²) in [4.78, 5) is 8.33. The van der Waals surface area contributed by atoms with Crippen LogP contribution in [-0.4, -0.2) is 22.6 Å². The number of carbonyl (C=O) groups excluding carboxylic acids is 1. The van der Waals surface area contributed by atoms with Crippen LogP contribution < -0.4 is 148 Å². The molecule has 0 aromatic heterocycles. The molecule has 0 spiro atoms. The molecule has 48 valence electrons. The molecule has 0 saturated heterocycles. The topological polar surface area (TPSA) is 158 Å². The van der Waals surface area contributed by atoms with Gasteiger partial charge in [0.1, 0.15) is 0 Å². The van der Waals surface area contributed by atoms with E-state index >= 15 is 0 Å². The quantitative estimate of drug-likeness (QED) is 0.409. The van der Waals surface area contributed by atoms with Crippen LogP contribution in [0.1, 0.15) is 0 Å². The first-order valence-corrected chi connectivity index (χ1v) is 0.612. The van der Waals surface area contributed by atoms with E-state index in [-0.39, 0.29) is 154 Å². The smallest absolute Gasteiger partial charge is 0.652 e. The second-order valence-corrected chi connectivity index (χ2v) is 0.250. The zero-order chi connectivity index (χ0) is 3.58. The molecule has 0 radical (unpaired) electrons. The summed E-state index contributed by atoms with van der Waals surface area (Å²) in [6, 6.07) is 0. The van der Waals surface area contributed by atoms with Crippen LogP contribution in [0.5, 0.6) is 0 Å². The summed E-state index contributed by atoms with van der Waals surface area (Å²) >= 11 is 0. The number of carbonyl (C=O) groups is 1. The summed E-state index contributed by atoms with van der Waals surface area (Å²) in [5.74, 6) is 0. The Kier molecular flexibility index (Phi) is 133. The van der Waals surface area contributed by atoms with E-state index in [2.05, 4.69) is 0 Å². The van der Waals surface area contributed by atoms with Gasteiger partial charge in [0.25, 0.3) is 0 Å². The Morgan fingerprint density at radius 3 is 0.889 bits per heavy atom. The van der Waals surface area contributed by atoms with E-state index in [0.717, 1.165) is 0 Å². The van der Waals surface area contributed by atoms with Crippen molar-refractivity contribution in [2.75, 3.05) is 0 Å². The number of hydrogen-bond donors (Lipinski definition) is 0. The van der Waals surface area contributed by atoms with Crippen LogP contribution in [0.3, 0.4) is 0 Å². The van der Waals surface area contributed by atoms with Crippen LogP contribution >= 0.6 is 0 Å². The first kappa shape index (κ1) is 39.7. The maximum atomic E-state index is 8.33. The minimum Gasteiger partial charge on any atom is -0.652 e. The van der Waals surface area contributed by atoms with Crippen molar-refractivity contribution in [2.24, 2.45) is 0 Å². The third kappa shape index (κ3) is 91.0. The molecule has 0 aromatic rings. The summed E-state index contributed by atoms with van der Waals surface area (Å²) in [5, 5.41) is 16.7. The van der Waals surface area contributed by atoms with E-state index < -0.39 is 6.16 Å². The second-order valence-electron chi connectivity index (χ2n) is 0.250. The van der Waals surface area contributed by atoms with Gasteiger partial charge in [-0.3, -0.25) is 0 Å². The van der Waals surface area contributed by atoms with Crippen LogP contribution in [0, 0.1) is 0 Å². The molecule has 6 nitrogen and oxygen atoms in total. The van der Waals surface area contributed by atoms with Crippen LogP contribution in [0.25, 0.3) is 0 Å². The molecule has 0 aliphatic carbocycles. The Labute approximate surface area is 170 Å². The molecule has 0 unspecified atom stereocenters. The zero-order valence-corrected chi connectivity index (χ0v) is 17.8. The average molecular weight is 380 g/mol. The number of carboxylic acid groups (broad SMARTS) is 2. The maximum absolute atomic E-state index is 8.33. The molecule has 0 heterocycles. The van der Waals surface area contributed by atoms with Gasteiger partial charge in [-0.2, -0.15) is 0 Å². The van der Waals surface area contributed by atoms with Crippen molar-refractivity contribution in [2.45, 2.75) is 0 Å². The first-order chi connectivity index (χ1) is 1.73. The molecule has 0 saturated carbocycles. The molecule has 0 fully saturated rings. The van der Waals surface area contributed by atoms with Gasteiger partial charge in [0.2, 0.25) is 0 Å². The van der Waals surface area contributed by atoms with Gasteiger partial charge >= 0.3 is 138 Å². The van der Waals surface area contributed by atoms with Crippen molar-refractivity contribution < 1.29 is 169 Å². The predicted molar refractivity (Wildman–Crippen MR) is 16.2 cm³/mol. The van der Waals surface area contributed by atoms with Crippen molar-refractivity contribution in [1.29, 1.82) is 0 Å². The van der Waals surface area contributed by atoms with Crippen molar-refractivity contribution in [3.63, 3.8) is 0 Å². The predicted octanol–water partition coefficient (Wildman–Crippen LogP) is -10.9. The molecule has 9 heavy (non-hydrogen) atoms. The van der Waals surface area contributed by atoms with E-state index in [1.807, 2.05) is 0 Å². The zero-order valence-electron chi connectivity index (χ0n) is 5.22. The van der Waals surface area contributed by atoms with E-state index in [9.17, 15) is 0 Å². The van der Waals surface area contributed by atoms with Gasteiger partial charge < -0.3 is 31.4 Å². The Morgan fingerprint density at radius 1 is 0.889 bits per heavy atom. The molecule has 0 bridgehead atoms. The molecular formula is CH6Cs2O6. The third-order valence-corrected chi connectivity index (χ3v) is 0. The second kappa shape index (κ2) is 30.3. The van der Waals surface area contributed by atoms with Crippen LogP contribution in [0.2, 0.25) is 0 Å². The first-order valence-electron chi connectivity index (χ1n) is 0.612. The summed E-state index contributed by atoms with van der Waals surface area (Å²) in [7, 11) is 0. The molecule has 0 atom stereocenters. The van der Waals surface area contributed by atoms with Gasteiger partial charge in [0, 0.05) is 0 Å². The molecule has 0 rings (SSSR count). The van der Waals surface area contributed by atoms with E-state index in [0.29, 0.717) is 0 Å². The van der Waals surface area contributed by atoms with E-state index in [1.54, 1.807) is 0 Å². The monoisotopic (exact) mass is 380 g/mol. The third-order valence-electron chi connectivity index (χ3n) is 0. The molecule has 0 aromatic carbocycles. The normalized spacial score (nSPS) is 2.67. The Morgan fingerprint density at radius 2 is 0.889 bits per heavy atom. The summed E-state index contributed by atoms with van der Waals surface area (Å²) in [6.45, 7) is 0. The van der Waals surface area contributed by atoms with E-state index in [4.69, 9.17) is 15.0 Å². The Balaban J connectivity index is -0.00000000450. The van der Waals surface area contributed by atoms with Gasteiger partial charge in [0.05, 0.1) is 0 Å². The van der Waals surface area contributed by atoms with Crippen molar-refractivity contribution in [1.82, 2.24) is 0 Å². The van der Waals surface area contributed by atoms with Crippen LogP contribution in [0.15, 0.2) is 0 Å². The summed E-state index contributed by atoms with van der Waals surface area (Å²) in [6.07, 6.45) is -2.33. The largest absolute Gasteiger partial charge is 1.00 e. The van der Waals surface area contributed by atoms with Gasteiger partial charge in [-0.05, 0) is 6.16 Å². The molecule has 6 N–H and O–H groups in total. The maximum Gasteiger partial charge on any atom is 1.00 e. The van der Waals surface area contributed by atoms with Gasteiger partial charge in [-0.1, -0.05) is 0 Å². The van der Waals surface area contributed by atoms with Gasteiger partial charge in [-0.25, -0.2) is 0 Å². The number of rotatable bonds is 0. The molecule has 8 heteroatoms. The number of hydrogen-bond acceptors (Lipinski definition) is 3. The fourth-order valence-electron chi connectivity index (χ4n) is 0. The van der Waals surface area contributed by atoms with Crippen LogP contribution in [0.4, 0.5) is 4.79 Å². The van der Waals surface area contributed by atoms with Gasteiger partial charge in [-0.15, -0.1) is 0 Å². The molecular weight excluding hydrogens is 374 g/mol. The molecule has 0 amide bonds. The van der Waals surface area contributed by atoms with Crippen molar-refractivity contribution >= 4 is 6.16 Å². The Hall–Kier alpha value is 3.25. The standard InChI is InChI=1S/CH2O3.2Cs.3H2O/c2-1(3)4;;;;;/h(H2,2,3,4);;;3*1H2/q;2*+1;;;/p-2. The minimum absolute atomic E-state index is 0. The minimum atomic E-state index is -2.33. The van der Waals surface area contributed by atoms with Crippen LogP contribution in [-0.2, 0) is 0 Å². The summed E-state index contributed by atoms with van der Waals surface area (Å²) in [5.41, 5.74) is 0.